The number of methoxy groups -OCH3 is 1. The summed E-state index contributed by atoms with van der Waals surface area (Å²) in [6.07, 6.45) is 0. The van der Waals surface area contributed by atoms with Crippen LogP contribution < -0.4 is 0 Å². The lowest BCUT2D eigenvalue weighted by Gasteiger charge is -2.21. The molecule has 1 aromatic carbocycles. The highest BCUT2D eigenvalue weighted by molar-refractivity contribution is 8.00. The molecule has 96 valence electrons. The van der Waals surface area contributed by atoms with E-state index in [0.717, 1.165) is 4.90 Å². The SMILES string of the molecule is CCOC(=O)C1=Nc2ccc(O)cc2SC1OC. The normalized spacial score (nSPS) is 17.9. The second-order valence-corrected chi connectivity index (χ2v) is 4.66. The number of ether oxygens (including phenoxy) is 2. The summed E-state index contributed by atoms with van der Waals surface area (Å²) >= 11 is 1.32. The summed E-state index contributed by atoms with van der Waals surface area (Å²) in [4.78, 5) is 16.8. The first-order valence-corrected chi connectivity index (χ1v) is 6.31. The third kappa shape index (κ3) is 2.49. The van der Waals surface area contributed by atoms with Gasteiger partial charge in [-0.1, -0.05) is 11.8 Å². The number of aromatic hydroxyl groups is 1. The molecular weight excluding hydrogens is 254 g/mol. The minimum Gasteiger partial charge on any atom is -0.508 e. The molecule has 1 aliphatic rings. The van der Waals surface area contributed by atoms with Crippen LogP contribution in [-0.4, -0.2) is 35.9 Å². The predicted octanol–water partition coefficient (Wildman–Crippen LogP) is 2.11. The Bertz CT molecular complexity index is 501. The van der Waals surface area contributed by atoms with Gasteiger partial charge >= 0.3 is 5.97 Å². The third-order valence-corrected chi connectivity index (χ3v) is 3.55. The summed E-state index contributed by atoms with van der Waals surface area (Å²) in [7, 11) is 1.50. The maximum atomic E-state index is 11.7. The Hall–Kier alpha value is -1.53. The monoisotopic (exact) mass is 267 g/mol. The van der Waals surface area contributed by atoms with E-state index in [-0.39, 0.29) is 11.5 Å². The molecule has 1 aliphatic heterocycles. The van der Waals surface area contributed by atoms with E-state index in [4.69, 9.17) is 9.47 Å². The van der Waals surface area contributed by atoms with Crippen LogP contribution >= 0.6 is 11.8 Å². The number of phenols is 1. The Kier molecular flexibility index (Phi) is 3.88. The second-order valence-electron chi connectivity index (χ2n) is 3.56. The third-order valence-electron chi connectivity index (χ3n) is 2.34. The van der Waals surface area contributed by atoms with E-state index in [9.17, 15) is 9.90 Å². The summed E-state index contributed by atoms with van der Waals surface area (Å²) < 4.78 is 10.2. The zero-order valence-corrected chi connectivity index (χ0v) is 10.9. The first-order chi connectivity index (χ1) is 8.65. The first kappa shape index (κ1) is 12.9. The van der Waals surface area contributed by atoms with Crippen LogP contribution in [0.1, 0.15) is 6.92 Å². The molecule has 1 unspecified atom stereocenters. The number of benzene rings is 1. The molecule has 0 aliphatic carbocycles. The predicted molar refractivity (Wildman–Crippen MR) is 68.5 cm³/mol. The second kappa shape index (κ2) is 5.41. The van der Waals surface area contributed by atoms with Crippen molar-refractivity contribution in [2.45, 2.75) is 17.3 Å². The van der Waals surface area contributed by atoms with Gasteiger partial charge in [0.25, 0.3) is 0 Å². The molecule has 0 amide bonds. The van der Waals surface area contributed by atoms with Gasteiger partial charge in [0.2, 0.25) is 0 Å². The molecule has 0 saturated carbocycles. The number of carbonyl (C=O) groups is 1. The van der Waals surface area contributed by atoms with E-state index in [0.29, 0.717) is 12.3 Å². The molecule has 0 spiro atoms. The fraction of sp³-hybridized carbons (Fsp3) is 0.333. The highest BCUT2D eigenvalue weighted by Gasteiger charge is 2.30. The summed E-state index contributed by atoms with van der Waals surface area (Å²) in [5.41, 5.74) is 0.357. The number of hydrogen-bond donors (Lipinski definition) is 1. The topological polar surface area (TPSA) is 68.1 Å². The maximum absolute atomic E-state index is 11.7. The van der Waals surface area contributed by atoms with Crippen molar-refractivity contribution in [1.29, 1.82) is 0 Å². The molecule has 1 aromatic rings. The van der Waals surface area contributed by atoms with Crippen LogP contribution in [0, 0.1) is 0 Å². The molecule has 0 radical (unpaired) electrons. The van der Waals surface area contributed by atoms with Gasteiger partial charge in [0, 0.05) is 12.0 Å². The van der Waals surface area contributed by atoms with Crippen molar-refractivity contribution in [2.24, 2.45) is 4.99 Å². The lowest BCUT2D eigenvalue weighted by Crippen LogP contribution is -2.31. The van der Waals surface area contributed by atoms with E-state index < -0.39 is 11.4 Å². The first-order valence-electron chi connectivity index (χ1n) is 5.44. The molecule has 0 bridgehead atoms. The van der Waals surface area contributed by atoms with Crippen molar-refractivity contribution < 1.29 is 19.4 Å². The molecule has 18 heavy (non-hydrogen) atoms. The summed E-state index contributed by atoms with van der Waals surface area (Å²) in [5, 5.41) is 9.41. The summed E-state index contributed by atoms with van der Waals surface area (Å²) in [6, 6.07) is 4.78. The number of fused-ring (bicyclic) bond motifs is 1. The van der Waals surface area contributed by atoms with Gasteiger partial charge in [-0.3, -0.25) is 0 Å². The molecule has 2 rings (SSSR count). The van der Waals surface area contributed by atoms with Crippen molar-refractivity contribution >= 4 is 29.1 Å². The van der Waals surface area contributed by atoms with Gasteiger partial charge < -0.3 is 14.6 Å². The largest absolute Gasteiger partial charge is 0.508 e. The fourth-order valence-corrected chi connectivity index (χ4v) is 2.56. The highest BCUT2D eigenvalue weighted by Crippen LogP contribution is 2.40. The van der Waals surface area contributed by atoms with Crippen LogP contribution in [0.2, 0.25) is 0 Å². The Labute approximate surface area is 109 Å². The van der Waals surface area contributed by atoms with E-state index in [1.54, 1.807) is 19.1 Å². The van der Waals surface area contributed by atoms with Crippen LogP contribution in [-0.2, 0) is 14.3 Å². The number of hydrogen-bond acceptors (Lipinski definition) is 6. The van der Waals surface area contributed by atoms with E-state index in [1.165, 1.54) is 24.9 Å². The Balaban J connectivity index is 2.38. The molecule has 0 aromatic heterocycles. The Morgan fingerprint density at radius 1 is 1.56 bits per heavy atom. The standard InChI is InChI=1S/C12H13NO4S/c1-3-17-11(15)10-12(16-2)18-9-6-7(14)4-5-8(9)13-10/h4-6,12,14H,3H2,1-2H3. The van der Waals surface area contributed by atoms with Crippen molar-refractivity contribution in [3.05, 3.63) is 18.2 Å². The van der Waals surface area contributed by atoms with E-state index in [1.807, 2.05) is 0 Å². The summed E-state index contributed by atoms with van der Waals surface area (Å²) in [5.74, 6) is -0.318. The summed E-state index contributed by atoms with van der Waals surface area (Å²) in [6.45, 7) is 2.03. The maximum Gasteiger partial charge on any atom is 0.356 e. The molecule has 0 fully saturated rings. The van der Waals surface area contributed by atoms with Crippen molar-refractivity contribution in [1.82, 2.24) is 0 Å². The van der Waals surface area contributed by atoms with E-state index >= 15 is 0 Å². The van der Waals surface area contributed by atoms with Crippen LogP contribution in [0.3, 0.4) is 0 Å². The minimum absolute atomic E-state index is 0.158. The van der Waals surface area contributed by atoms with Crippen LogP contribution in [0.5, 0.6) is 5.75 Å². The van der Waals surface area contributed by atoms with Crippen molar-refractivity contribution in [3.8, 4) is 5.75 Å². The van der Waals surface area contributed by atoms with Gasteiger partial charge in [-0.25, -0.2) is 9.79 Å². The zero-order valence-electron chi connectivity index (χ0n) is 10.0. The number of nitrogens with zero attached hydrogens (tertiary/aromatic N) is 1. The molecule has 0 saturated heterocycles. The average molecular weight is 267 g/mol. The lowest BCUT2D eigenvalue weighted by molar-refractivity contribution is -0.135. The average Bonchev–Trinajstić information content (AvgIpc) is 2.37. The Morgan fingerprint density at radius 3 is 3.00 bits per heavy atom. The van der Waals surface area contributed by atoms with Gasteiger partial charge in [0.05, 0.1) is 12.3 Å². The molecule has 5 nitrogen and oxygen atoms in total. The number of carbonyl (C=O) groups excluding carboxylic acids is 1. The van der Waals surface area contributed by atoms with Gasteiger partial charge in [-0.05, 0) is 25.1 Å². The smallest absolute Gasteiger partial charge is 0.356 e. The van der Waals surface area contributed by atoms with Gasteiger partial charge in [0.15, 0.2) is 11.1 Å². The van der Waals surface area contributed by atoms with Crippen LogP contribution in [0.15, 0.2) is 28.1 Å². The molecule has 1 N–H and O–H groups in total. The highest BCUT2D eigenvalue weighted by atomic mass is 32.2. The van der Waals surface area contributed by atoms with Crippen LogP contribution in [0.4, 0.5) is 5.69 Å². The number of rotatable bonds is 3. The van der Waals surface area contributed by atoms with Crippen molar-refractivity contribution in [3.63, 3.8) is 0 Å². The molecule has 1 atom stereocenters. The minimum atomic E-state index is -0.515. The lowest BCUT2D eigenvalue weighted by atomic mass is 10.3. The van der Waals surface area contributed by atoms with Crippen molar-refractivity contribution in [2.75, 3.05) is 13.7 Å². The van der Waals surface area contributed by atoms with E-state index in [2.05, 4.69) is 4.99 Å². The number of aliphatic imine (C=N–C) groups is 1. The fourth-order valence-electron chi connectivity index (χ4n) is 1.55. The van der Waals surface area contributed by atoms with Gasteiger partial charge in [0.1, 0.15) is 5.75 Å². The molecule has 6 heteroatoms. The Morgan fingerprint density at radius 2 is 2.33 bits per heavy atom. The quantitative estimate of drug-likeness (QED) is 0.849. The van der Waals surface area contributed by atoms with Gasteiger partial charge in [-0.15, -0.1) is 0 Å². The number of phenolic OH excluding ortho intramolecular Hbond substituents is 1. The molecular formula is C12H13NO4S. The van der Waals surface area contributed by atoms with Crippen LogP contribution in [0.25, 0.3) is 0 Å². The number of thioether (sulfide) groups is 1. The number of esters is 1. The molecule has 1 heterocycles. The van der Waals surface area contributed by atoms with Gasteiger partial charge in [-0.2, -0.15) is 0 Å². The zero-order chi connectivity index (χ0) is 13.1.